The van der Waals surface area contributed by atoms with Gasteiger partial charge in [-0.1, -0.05) is 13.8 Å². The fourth-order valence-corrected chi connectivity index (χ4v) is 4.52. The van der Waals surface area contributed by atoms with E-state index in [0.717, 1.165) is 12.8 Å². The molecule has 0 amide bonds. The largest absolute Gasteiger partial charge is 0.386 e. The topological polar surface area (TPSA) is 71.1 Å². The van der Waals surface area contributed by atoms with E-state index in [4.69, 9.17) is 0 Å². The van der Waals surface area contributed by atoms with Gasteiger partial charge in [0.25, 0.3) is 10.0 Å². The molecule has 2 rings (SSSR count). The highest BCUT2D eigenvalue weighted by Crippen LogP contribution is 2.29. The smallest absolute Gasteiger partial charge is 0.260 e. The van der Waals surface area contributed by atoms with Crippen molar-refractivity contribution < 1.29 is 8.42 Å². The minimum atomic E-state index is -3.57. The summed E-state index contributed by atoms with van der Waals surface area (Å²) >= 11 is 0. The van der Waals surface area contributed by atoms with Gasteiger partial charge in [-0.15, -0.1) is 0 Å². The van der Waals surface area contributed by atoms with Gasteiger partial charge < -0.3 is 5.32 Å². The molecule has 6 heteroatoms. The lowest BCUT2D eigenvalue weighted by Gasteiger charge is -2.31. The van der Waals surface area contributed by atoms with E-state index in [0.29, 0.717) is 17.5 Å². The molecule has 5 nitrogen and oxygen atoms in total. The Kier molecular flexibility index (Phi) is 4.65. The van der Waals surface area contributed by atoms with Crippen LogP contribution in [0.2, 0.25) is 0 Å². The van der Waals surface area contributed by atoms with Gasteiger partial charge >= 0.3 is 0 Å². The number of rotatable bonds is 4. The molecule has 1 aromatic heterocycles. The van der Waals surface area contributed by atoms with Gasteiger partial charge in [0, 0.05) is 19.3 Å². The molecule has 0 spiro atoms. The summed E-state index contributed by atoms with van der Waals surface area (Å²) in [4.78, 5) is 4.01. The maximum Gasteiger partial charge on any atom is 0.260 e. The first-order chi connectivity index (χ1) is 9.42. The van der Waals surface area contributed by atoms with Crippen LogP contribution in [0.4, 0.5) is 5.69 Å². The Morgan fingerprint density at radius 2 is 1.85 bits per heavy atom. The van der Waals surface area contributed by atoms with Crippen LogP contribution in [0.5, 0.6) is 0 Å². The summed E-state index contributed by atoms with van der Waals surface area (Å²) < 4.78 is 27.8. The molecule has 1 saturated carbocycles. The standard InChI is InChI=1S/C14H23N3O2S/c1-10-7-11(2)9-12(8-10)17-20(18,19)14-13(15-3)5-4-6-16-14/h4-6,10-12,15,17H,7-9H2,1-3H3. The lowest BCUT2D eigenvalue weighted by atomic mass is 9.81. The summed E-state index contributed by atoms with van der Waals surface area (Å²) in [6.07, 6.45) is 4.46. The molecule has 1 fully saturated rings. The quantitative estimate of drug-likeness (QED) is 0.894. The average Bonchev–Trinajstić information content (AvgIpc) is 2.36. The lowest BCUT2D eigenvalue weighted by molar-refractivity contribution is 0.257. The van der Waals surface area contributed by atoms with Crippen LogP contribution in [0, 0.1) is 11.8 Å². The maximum atomic E-state index is 12.5. The van der Waals surface area contributed by atoms with E-state index < -0.39 is 10.0 Å². The molecule has 0 saturated heterocycles. The Morgan fingerprint density at radius 3 is 2.45 bits per heavy atom. The Hall–Kier alpha value is -1.14. The van der Waals surface area contributed by atoms with Gasteiger partial charge in [-0.3, -0.25) is 0 Å². The van der Waals surface area contributed by atoms with E-state index in [1.165, 1.54) is 12.6 Å². The molecule has 1 aromatic rings. The predicted octanol–water partition coefficient (Wildman–Crippen LogP) is 2.23. The van der Waals surface area contributed by atoms with Crippen molar-refractivity contribution in [2.24, 2.45) is 11.8 Å². The normalized spacial score (nSPS) is 27.2. The molecule has 2 unspecified atom stereocenters. The molecule has 2 atom stereocenters. The number of hydrogen-bond donors (Lipinski definition) is 2. The van der Waals surface area contributed by atoms with Crippen molar-refractivity contribution in [1.82, 2.24) is 9.71 Å². The maximum absolute atomic E-state index is 12.5. The van der Waals surface area contributed by atoms with Gasteiger partial charge in [-0.2, -0.15) is 0 Å². The van der Waals surface area contributed by atoms with Gasteiger partial charge in [0.05, 0.1) is 5.69 Å². The summed E-state index contributed by atoms with van der Waals surface area (Å²) in [5.41, 5.74) is 0.525. The second-order valence-electron chi connectivity index (χ2n) is 5.84. The average molecular weight is 297 g/mol. The molecule has 112 valence electrons. The highest BCUT2D eigenvalue weighted by atomic mass is 32.2. The number of nitrogens with one attached hydrogen (secondary N) is 2. The fraction of sp³-hybridized carbons (Fsp3) is 0.643. The second kappa shape index (κ2) is 6.10. The van der Waals surface area contributed by atoms with Crippen LogP contribution in [0.15, 0.2) is 23.4 Å². The molecule has 1 heterocycles. The van der Waals surface area contributed by atoms with Crippen LogP contribution in [-0.4, -0.2) is 26.5 Å². The summed E-state index contributed by atoms with van der Waals surface area (Å²) in [5, 5.41) is 2.95. The van der Waals surface area contributed by atoms with Crippen LogP contribution in [-0.2, 0) is 10.0 Å². The fourth-order valence-electron chi connectivity index (χ4n) is 3.11. The summed E-state index contributed by atoms with van der Waals surface area (Å²) in [5.74, 6) is 1.11. The van der Waals surface area contributed by atoms with Gasteiger partial charge in [0.15, 0.2) is 5.03 Å². The van der Waals surface area contributed by atoms with Crippen LogP contribution >= 0.6 is 0 Å². The summed E-state index contributed by atoms with van der Waals surface area (Å²) in [6, 6.07) is 3.44. The third-order valence-electron chi connectivity index (χ3n) is 3.80. The minimum absolute atomic E-state index is 0.00506. The number of pyridine rings is 1. The molecule has 1 aliphatic carbocycles. The SMILES string of the molecule is CNc1cccnc1S(=O)(=O)NC1CC(C)CC(C)C1. The van der Waals surface area contributed by atoms with E-state index in [1.807, 2.05) is 0 Å². The predicted molar refractivity (Wildman–Crippen MR) is 80.1 cm³/mol. The first-order valence-electron chi connectivity index (χ1n) is 7.07. The Bertz CT molecular complexity index is 549. The Balaban J connectivity index is 2.19. The molecule has 0 aromatic carbocycles. The van der Waals surface area contributed by atoms with Crippen LogP contribution in [0.25, 0.3) is 0 Å². The number of anilines is 1. The Morgan fingerprint density at radius 1 is 1.20 bits per heavy atom. The van der Waals surface area contributed by atoms with E-state index in [9.17, 15) is 8.42 Å². The van der Waals surface area contributed by atoms with Crippen molar-refractivity contribution in [2.75, 3.05) is 12.4 Å². The molecular weight excluding hydrogens is 274 g/mol. The van der Waals surface area contributed by atoms with Gasteiger partial charge in [-0.05, 0) is 43.2 Å². The minimum Gasteiger partial charge on any atom is -0.386 e. The number of nitrogens with zero attached hydrogens (tertiary/aromatic N) is 1. The monoisotopic (exact) mass is 297 g/mol. The zero-order valence-electron chi connectivity index (χ0n) is 12.3. The van der Waals surface area contributed by atoms with Crippen LogP contribution in [0.3, 0.4) is 0 Å². The second-order valence-corrected chi connectivity index (χ2v) is 7.47. The highest BCUT2D eigenvalue weighted by Gasteiger charge is 2.29. The molecule has 20 heavy (non-hydrogen) atoms. The third kappa shape index (κ3) is 3.49. The van der Waals surface area contributed by atoms with E-state index >= 15 is 0 Å². The van der Waals surface area contributed by atoms with Crippen molar-refractivity contribution in [3.63, 3.8) is 0 Å². The van der Waals surface area contributed by atoms with Gasteiger partial charge in [-0.25, -0.2) is 18.1 Å². The molecule has 1 aliphatic rings. The number of hydrogen-bond acceptors (Lipinski definition) is 4. The lowest BCUT2D eigenvalue weighted by Crippen LogP contribution is -2.40. The number of sulfonamides is 1. The highest BCUT2D eigenvalue weighted by molar-refractivity contribution is 7.89. The summed E-state index contributed by atoms with van der Waals surface area (Å²) in [7, 11) is -1.88. The summed E-state index contributed by atoms with van der Waals surface area (Å²) in [6.45, 7) is 4.35. The van der Waals surface area contributed by atoms with Gasteiger partial charge in [0.2, 0.25) is 0 Å². The molecule has 0 bridgehead atoms. The zero-order valence-corrected chi connectivity index (χ0v) is 13.1. The Labute approximate surface area is 121 Å². The van der Waals surface area contributed by atoms with Crippen molar-refractivity contribution in [3.05, 3.63) is 18.3 Å². The van der Waals surface area contributed by atoms with E-state index in [2.05, 4.69) is 28.9 Å². The van der Waals surface area contributed by atoms with Crippen molar-refractivity contribution in [3.8, 4) is 0 Å². The van der Waals surface area contributed by atoms with Crippen molar-refractivity contribution >= 4 is 15.7 Å². The third-order valence-corrected chi connectivity index (χ3v) is 5.27. The van der Waals surface area contributed by atoms with Crippen molar-refractivity contribution in [2.45, 2.75) is 44.2 Å². The number of aromatic nitrogens is 1. The van der Waals surface area contributed by atoms with Crippen LogP contribution < -0.4 is 10.0 Å². The zero-order chi connectivity index (χ0) is 14.8. The molecule has 0 aliphatic heterocycles. The molecule has 0 radical (unpaired) electrons. The van der Waals surface area contributed by atoms with Crippen LogP contribution in [0.1, 0.15) is 33.1 Å². The van der Waals surface area contributed by atoms with E-state index in [1.54, 1.807) is 19.2 Å². The van der Waals surface area contributed by atoms with Gasteiger partial charge in [0.1, 0.15) is 0 Å². The molecule has 2 N–H and O–H groups in total. The van der Waals surface area contributed by atoms with Crippen molar-refractivity contribution in [1.29, 1.82) is 0 Å². The first kappa shape index (κ1) is 15.3. The first-order valence-corrected chi connectivity index (χ1v) is 8.55. The van der Waals surface area contributed by atoms with E-state index in [-0.39, 0.29) is 11.1 Å². The molecular formula is C14H23N3O2S.